The summed E-state index contributed by atoms with van der Waals surface area (Å²) in [5.74, 6) is -6.66. The molecular formula is C90H60F10IN5O14. The Balaban J connectivity index is 0.000000131. The van der Waals surface area contributed by atoms with Crippen molar-refractivity contribution in [2.45, 2.75) is 59.0 Å². The molecular weight excluding hydrogens is 1690 g/mol. The highest BCUT2D eigenvalue weighted by atomic mass is 127. The van der Waals surface area contributed by atoms with Gasteiger partial charge in [-0.3, -0.25) is 28.8 Å². The number of carbonyl (C=O) groups is 1. The van der Waals surface area contributed by atoms with E-state index in [1.165, 1.54) is 192 Å². The molecule has 19 nitrogen and oxygen atoms in total. The van der Waals surface area contributed by atoms with E-state index in [1.54, 1.807) is 17.7 Å². The summed E-state index contributed by atoms with van der Waals surface area (Å²) >= 11 is 2.02. The third-order valence-electron chi connectivity index (χ3n) is 18.7. The number of halogens is 11. The zero-order chi connectivity index (χ0) is 86.0. The molecule has 7 heterocycles. The summed E-state index contributed by atoms with van der Waals surface area (Å²) in [5, 5.41) is 33.6. The van der Waals surface area contributed by atoms with E-state index in [0.717, 1.165) is 48.5 Å². The fourth-order valence-electron chi connectivity index (χ4n) is 13.4. The molecule has 7 aromatic heterocycles. The number of anilines is 1. The predicted molar refractivity (Wildman–Crippen MR) is 437 cm³/mol. The Kier molecular flexibility index (Phi) is 24.6. The van der Waals surface area contributed by atoms with Crippen LogP contribution >= 0.6 is 22.6 Å². The number of hydrogen-bond acceptors (Lipinski definition) is 18. The molecule has 0 bridgehead atoms. The minimum atomic E-state index is -1.10. The molecule has 30 heteroatoms. The van der Waals surface area contributed by atoms with Crippen LogP contribution < -0.4 is 32.9 Å². The van der Waals surface area contributed by atoms with Crippen molar-refractivity contribution < 1.29 is 86.1 Å². The highest BCUT2D eigenvalue weighted by molar-refractivity contribution is 14.1. The molecule has 0 fully saturated rings. The molecule has 0 saturated carbocycles. The van der Waals surface area contributed by atoms with Crippen LogP contribution in [0.25, 0.3) is 122 Å². The van der Waals surface area contributed by atoms with Crippen LogP contribution in [0, 0.1) is 61.9 Å². The molecule has 0 spiro atoms. The average molecular weight is 1750 g/mol. The maximum atomic E-state index is 14.6. The van der Waals surface area contributed by atoms with Gasteiger partial charge in [0.2, 0.25) is 27.1 Å². The van der Waals surface area contributed by atoms with Crippen LogP contribution in [0.5, 0.6) is 0 Å². The lowest BCUT2D eigenvalue weighted by molar-refractivity contribution is 0.0988. The van der Waals surface area contributed by atoms with Crippen molar-refractivity contribution in [1.29, 1.82) is 0 Å². The lowest BCUT2D eigenvalue weighted by Gasteiger charge is -2.17. The Morgan fingerprint density at radius 3 is 0.908 bits per heavy atom. The van der Waals surface area contributed by atoms with Gasteiger partial charge in [0.25, 0.3) is 0 Å². The Hall–Kier alpha value is -13.8. The van der Waals surface area contributed by atoms with Crippen molar-refractivity contribution in [2.24, 2.45) is 0 Å². The van der Waals surface area contributed by atoms with Gasteiger partial charge in [-0.2, -0.15) is 5.10 Å². The number of Topliss-reactive ketones (excluding diaryl/α,β-unsaturated/α-hetero) is 1. The third kappa shape index (κ3) is 16.9. The number of fused-ring (bicyclic) bond motifs is 6. The van der Waals surface area contributed by atoms with E-state index in [0.29, 0.717) is 14.7 Å². The zero-order valence-electron chi connectivity index (χ0n) is 63.0. The van der Waals surface area contributed by atoms with Gasteiger partial charge >= 0.3 is 0 Å². The lowest BCUT2D eigenvalue weighted by Crippen LogP contribution is -2.17. The van der Waals surface area contributed by atoms with Crippen LogP contribution in [0.4, 0.5) is 49.7 Å². The van der Waals surface area contributed by atoms with Gasteiger partial charge in [-0.1, -0.05) is 91.0 Å². The van der Waals surface area contributed by atoms with Crippen LogP contribution in [0.1, 0.15) is 92.6 Å². The SMILES string of the molecule is CC(=O)c1oc2cccc(F)c2c(=O)c1-c1cccc(F)c1.CC(O)c1oc2cccc(F)c2c(=O)c1-c1cccc(F)c1.CC(O)c1oc2cccc(F)c2c(=O)c1-c1cccc(F)c1.CC(c1oc2cccc(F)c2c(=O)c1-c1cccc(F)c1)n1nc(I)c2c(N)ncnc21.C[C@@H](O)c1oc2cccc(F)c2c(=O)c1-c1cccc(F)c1. The van der Waals surface area contributed by atoms with Gasteiger partial charge in [-0.15, -0.1) is 0 Å². The number of nitrogen functional groups attached to an aromatic ring is 1. The van der Waals surface area contributed by atoms with Crippen LogP contribution in [-0.2, 0) is 0 Å². The predicted octanol–water partition coefficient (Wildman–Crippen LogP) is 20.0. The molecule has 0 amide bonds. The number of nitrogens with zero attached hydrogens (tertiary/aromatic N) is 4. The second-order valence-corrected chi connectivity index (χ2v) is 27.9. The lowest BCUT2D eigenvalue weighted by atomic mass is 9.99. The third-order valence-corrected chi connectivity index (χ3v) is 19.5. The van der Waals surface area contributed by atoms with Gasteiger partial charge in [0, 0.05) is 6.92 Å². The number of aromatic nitrogens is 4. The van der Waals surface area contributed by atoms with E-state index in [9.17, 15) is 88.0 Å². The van der Waals surface area contributed by atoms with Gasteiger partial charge in [0.05, 0.1) is 33.2 Å². The number of rotatable bonds is 11. The quantitative estimate of drug-likeness (QED) is 0.0531. The molecule has 17 aromatic rings. The topological polar surface area (TPSA) is 298 Å². The molecule has 0 saturated heterocycles. The molecule has 0 aliphatic carbocycles. The Morgan fingerprint density at radius 2 is 0.625 bits per heavy atom. The normalized spacial score (nSPS) is 12.2. The maximum absolute atomic E-state index is 14.6. The van der Waals surface area contributed by atoms with Crippen molar-refractivity contribution in [3.8, 4) is 55.6 Å². The van der Waals surface area contributed by atoms with E-state index >= 15 is 0 Å². The number of aliphatic hydroxyl groups is 3. The van der Waals surface area contributed by atoms with Crippen LogP contribution in [0.3, 0.4) is 0 Å². The molecule has 0 radical (unpaired) electrons. The molecule has 4 atom stereocenters. The summed E-state index contributed by atoms with van der Waals surface area (Å²) in [5.41, 5.74) is 4.36. The summed E-state index contributed by atoms with van der Waals surface area (Å²) in [6.07, 6.45) is -1.98. The fraction of sp³-hybridized carbons (Fsp3) is 0.100. The van der Waals surface area contributed by atoms with E-state index in [-0.39, 0.29) is 145 Å². The van der Waals surface area contributed by atoms with Gasteiger partial charge in [0.15, 0.2) is 17.2 Å². The molecule has 10 aromatic carbocycles. The van der Waals surface area contributed by atoms with Crippen molar-refractivity contribution in [3.63, 3.8) is 0 Å². The molecule has 5 N–H and O–H groups in total. The summed E-state index contributed by atoms with van der Waals surface area (Å²) in [6, 6.07) is 46.1. The second-order valence-electron chi connectivity index (χ2n) is 26.9. The highest BCUT2D eigenvalue weighted by Crippen LogP contribution is 2.38. The minimum Gasteiger partial charge on any atom is -0.458 e. The standard InChI is InChI=1S/C22H14F2IN5O2.3C17H12F2O3.C17H10F2O3/c1-10(30-22-17(20(25)29-30)21(26)27-9-28-22)19-15(11-4-2-5-12(23)8-11)18(31)16-13(24)6-3-7-14(16)32-19;4*1-9(20)17-14(10-4-2-5-11(18)8-10)16(21)15-12(19)6-3-7-13(15)22-17/h2-10H,1H3,(H2,26,27,28);3*2-9,20H,1H3;2-8H,1H3/t;9-;;;/m.1.../s1. The van der Waals surface area contributed by atoms with Crippen molar-refractivity contribution in [2.75, 3.05) is 5.73 Å². The average Bonchev–Trinajstić information content (AvgIpc) is 1.49. The highest BCUT2D eigenvalue weighted by Gasteiger charge is 2.30. The van der Waals surface area contributed by atoms with Crippen molar-refractivity contribution >= 4 is 100 Å². The molecule has 3 unspecified atom stereocenters. The minimum absolute atomic E-state index is 0.0182. The first-order valence-corrected chi connectivity index (χ1v) is 37.1. The molecule has 120 heavy (non-hydrogen) atoms. The second kappa shape index (κ2) is 35.2. The largest absolute Gasteiger partial charge is 0.458 e. The summed E-state index contributed by atoms with van der Waals surface area (Å²) in [7, 11) is 0. The smallest absolute Gasteiger partial charge is 0.204 e. The maximum Gasteiger partial charge on any atom is 0.204 e. The van der Waals surface area contributed by atoms with Gasteiger partial charge in [-0.25, -0.2) is 58.6 Å². The summed E-state index contributed by atoms with van der Waals surface area (Å²) in [6.45, 7) is 7.25. The van der Waals surface area contributed by atoms with Crippen LogP contribution in [0.2, 0.25) is 0 Å². The van der Waals surface area contributed by atoms with Crippen LogP contribution in [-0.4, -0.2) is 40.9 Å². The number of ketones is 1. The summed E-state index contributed by atoms with van der Waals surface area (Å²) < 4.78 is 168. The number of nitrogens with two attached hydrogens (primary N) is 1. The van der Waals surface area contributed by atoms with E-state index in [1.807, 2.05) is 22.6 Å². The number of aliphatic hydroxyl groups excluding tert-OH is 3. The molecule has 606 valence electrons. The van der Waals surface area contributed by atoms with Crippen molar-refractivity contribution in [1.82, 2.24) is 19.7 Å². The zero-order valence-corrected chi connectivity index (χ0v) is 65.1. The van der Waals surface area contributed by atoms with Gasteiger partial charge in [-0.05, 0) is 199 Å². The van der Waals surface area contributed by atoms with E-state index in [2.05, 4.69) is 15.1 Å². The van der Waals surface area contributed by atoms with Crippen molar-refractivity contribution in [3.05, 3.63) is 360 Å². The Bertz CT molecular complexity index is 6890. The fourth-order valence-corrected chi connectivity index (χ4v) is 14.1. The number of hydrogen-bond donors (Lipinski definition) is 4. The first kappa shape index (κ1) is 84.1. The van der Waals surface area contributed by atoms with Gasteiger partial charge < -0.3 is 43.1 Å². The summed E-state index contributed by atoms with van der Waals surface area (Å²) in [4.78, 5) is 84.1. The Labute approximate surface area is 682 Å². The van der Waals surface area contributed by atoms with E-state index in [4.69, 9.17) is 27.8 Å². The Morgan fingerprint density at radius 1 is 0.367 bits per heavy atom. The first-order chi connectivity index (χ1) is 57.3. The number of carbonyl (C=O) groups excluding carboxylic acids is 1. The molecule has 17 rings (SSSR count). The monoisotopic (exact) mass is 1750 g/mol. The molecule has 0 aliphatic heterocycles. The molecule has 0 aliphatic rings. The van der Waals surface area contributed by atoms with E-state index < -0.39 is 115 Å². The first-order valence-electron chi connectivity index (χ1n) is 36.1. The van der Waals surface area contributed by atoms with Crippen LogP contribution in [0.15, 0.2) is 265 Å². The number of benzene rings is 10. The van der Waals surface area contributed by atoms with Gasteiger partial charge in [0.1, 0.15) is 176 Å².